The molecule has 6 heteroatoms. The van der Waals surface area contributed by atoms with Gasteiger partial charge in [0, 0.05) is 18.3 Å². The monoisotopic (exact) mass is 322 g/mol. The summed E-state index contributed by atoms with van der Waals surface area (Å²) in [7, 11) is 0. The Morgan fingerprint density at radius 3 is 2.92 bits per heavy atom. The van der Waals surface area contributed by atoms with E-state index < -0.39 is 6.09 Å². The van der Waals surface area contributed by atoms with Gasteiger partial charge in [0.2, 0.25) is 0 Å². The fraction of sp³-hybridized carbons (Fsp3) is 0.278. The van der Waals surface area contributed by atoms with Gasteiger partial charge < -0.3 is 10.4 Å². The number of hydrogen-bond acceptors (Lipinski definition) is 3. The van der Waals surface area contributed by atoms with Crippen LogP contribution in [-0.2, 0) is 6.54 Å². The quantitative estimate of drug-likeness (QED) is 0.772. The van der Waals surface area contributed by atoms with Crippen LogP contribution >= 0.6 is 0 Å². The van der Waals surface area contributed by atoms with Crippen molar-refractivity contribution < 1.29 is 9.90 Å². The molecular formula is C18H18N4O2. The van der Waals surface area contributed by atoms with E-state index in [0.29, 0.717) is 12.5 Å². The van der Waals surface area contributed by atoms with Crippen molar-refractivity contribution >= 4 is 11.6 Å². The molecule has 1 fully saturated rings. The molecule has 1 aromatic carbocycles. The van der Waals surface area contributed by atoms with Crippen molar-refractivity contribution in [2.75, 3.05) is 0 Å². The van der Waals surface area contributed by atoms with E-state index in [9.17, 15) is 4.79 Å². The Morgan fingerprint density at radius 2 is 2.21 bits per heavy atom. The molecule has 0 saturated heterocycles. The standard InChI is InChI=1S/C18H18N4O2/c1-11-6-13(4-5-14(11)8-19-18(23)24)17-16-7-15(12-2-3-12)9-22(16)21-10-20-17/h4-7,9-10,12,19H,2-3,8H2,1H3,(H,23,24). The maximum Gasteiger partial charge on any atom is 0.404 e. The smallest absolute Gasteiger partial charge is 0.404 e. The molecule has 1 amide bonds. The lowest BCUT2D eigenvalue weighted by Gasteiger charge is -2.09. The zero-order valence-electron chi connectivity index (χ0n) is 13.4. The minimum absolute atomic E-state index is 0.303. The highest BCUT2D eigenvalue weighted by atomic mass is 16.4. The molecule has 24 heavy (non-hydrogen) atoms. The van der Waals surface area contributed by atoms with Crippen molar-refractivity contribution in [1.29, 1.82) is 0 Å². The fourth-order valence-electron chi connectivity index (χ4n) is 3.02. The van der Waals surface area contributed by atoms with Crippen LogP contribution in [0.2, 0.25) is 0 Å². The van der Waals surface area contributed by atoms with E-state index in [1.165, 1.54) is 18.4 Å². The Kier molecular flexibility index (Phi) is 3.45. The average molecular weight is 322 g/mol. The molecule has 1 saturated carbocycles. The van der Waals surface area contributed by atoms with Crippen LogP contribution in [0.5, 0.6) is 0 Å². The molecule has 2 aromatic heterocycles. The van der Waals surface area contributed by atoms with Crippen LogP contribution in [0.25, 0.3) is 16.8 Å². The van der Waals surface area contributed by atoms with E-state index >= 15 is 0 Å². The minimum Gasteiger partial charge on any atom is -0.465 e. The van der Waals surface area contributed by atoms with Crippen molar-refractivity contribution in [3.63, 3.8) is 0 Å². The maximum atomic E-state index is 10.7. The number of rotatable bonds is 4. The first-order valence-electron chi connectivity index (χ1n) is 8.02. The van der Waals surface area contributed by atoms with E-state index in [-0.39, 0.29) is 0 Å². The second kappa shape index (κ2) is 5.63. The lowest BCUT2D eigenvalue weighted by molar-refractivity contribution is 0.194. The number of nitrogens with zero attached hydrogens (tertiary/aromatic N) is 3. The molecule has 0 atom stereocenters. The van der Waals surface area contributed by atoms with Gasteiger partial charge in [0.05, 0.1) is 11.2 Å². The van der Waals surface area contributed by atoms with E-state index in [1.54, 1.807) is 6.33 Å². The SMILES string of the molecule is Cc1cc(-c2ncnn3cc(C4CC4)cc23)ccc1CNC(=O)O. The van der Waals surface area contributed by atoms with Gasteiger partial charge in [-0.2, -0.15) is 5.10 Å². The third-order valence-corrected chi connectivity index (χ3v) is 4.52. The van der Waals surface area contributed by atoms with Gasteiger partial charge >= 0.3 is 6.09 Å². The first-order chi connectivity index (χ1) is 11.6. The number of hydrogen-bond donors (Lipinski definition) is 2. The number of carbonyl (C=O) groups is 1. The molecule has 0 unspecified atom stereocenters. The van der Waals surface area contributed by atoms with Gasteiger partial charge in [-0.3, -0.25) is 0 Å². The summed E-state index contributed by atoms with van der Waals surface area (Å²) in [6.07, 6.45) is 5.16. The molecule has 1 aliphatic carbocycles. The fourth-order valence-corrected chi connectivity index (χ4v) is 3.02. The van der Waals surface area contributed by atoms with Crippen molar-refractivity contribution in [1.82, 2.24) is 19.9 Å². The van der Waals surface area contributed by atoms with Gasteiger partial charge in [-0.05, 0) is 54.5 Å². The number of aryl methyl sites for hydroxylation is 1. The number of aromatic nitrogens is 3. The number of benzene rings is 1. The Hall–Kier alpha value is -2.89. The predicted molar refractivity (Wildman–Crippen MR) is 90.0 cm³/mol. The van der Waals surface area contributed by atoms with Crippen LogP contribution in [0.1, 0.15) is 35.4 Å². The summed E-state index contributed by atoms with van der Waals surface area (Å²) in [6.45, 7) is 2.28. The Balaban J connectivity index is 1.71. The van der Waals surface area contributed by atoms with Gasteiger partial charge in [0.1, 0.15) is 6.33 Å². The highest BCUT2D eigenvalue weighted by molar-refractivity contribution is 5.78. The maximum absolute atomic E-state index is 10.7. The van der Waals surface area contributed by atoms with Crippen LogP contribution in [0.3, 0.4) is 0 Å². The highest BCUT2D eigenvalue weighted by Crippen LogP contribution is 2.41. The van der Waals surface area contributed by atoms with Crippen LogP contribution in [0.15, 0.2) is 36.8 Å². The van der Waals surface area contributed by atoms with E-state index in [1.807, 2.05) is 29.6 Å². The molecule has 0 bridgehead atoms. The normalized spacial score (nSPS) is 14.0. The highest BCUT2D eigenvalue weighted by Gasteiger charge is 2.25. The summed E-state index contributed by atoms with van der Waals surface area (Å²) in [6, 6.07) is 8.16. The van der Waals surface area contributed by atoms with Crippen molar-refractivity contribution in [3.8, 4) is 11.3 Å². The topological polar surface area (TPSA) is 79.5 Å². The Bertz CT molecular complexity index is 928. The summed E-state index contributed by atoms with van der Waals surface area (Å²) in [5.41, 5.74) is 6.25. The lowest BCUT2D eigenvalue weighted by atomic mass is 10.0. The van der Waals surface area contributed by atoms with Crippen molar-refractivity contribution in [2.45, 2.75) is 32.2 Å². The summed E-state index contributed by atoms with van der Waals surface area (Å²) in [5, 5.41) is 15.5. The first kappa shape index (κ1) is 14.7. The molecule has 0 aliphatic heterocycles. The summed E-state index contributed by atoms with van der Waals surface area (Å²) >= 11 is 0. The van der Waals surface area contributed by atoms with Gasteiger partial charge in [0.15, 0.2) is 0 Å². The summed E-state index contributed by atoms with van der Waals surface area (Å²) < 4.78 is 1.89. The first-order valence-corrected chi connectivity index (χ1v) is 8.02. The van der Waals surface area contributed by atoms with Gasteiger partial charge in [0.25, 0.3) is 0 Å². The minimum atomic E-state index is -1.02. The molecule has 2 heterocycles. The third kappa shape index (κ3) is 2.71. The molecule has 1 aliphatic rings. The van der Waals surface area contributed by atoms with E-state index in [0.717, 1.165) is 27.9 Å². The zero-order chi connectivity index (χ0) is 16.7. The molecular weight excluding hydrogens is 304 g/mol. The molecule has 122 valence electrons. The largest absolute Gasteiger partial charge is 0.465 e. The molecule has 3 aromatic rings. The van der Waals surface area contributed by atoms with Gasteiger partial charge in [-0.1, -0.05) is 12.1 Å². The lowest BCUT2D eigenvalue weighted by Crippen LogP contribution is -2.20. The number of nitrogens with one attached hydrogen (secondary N) is 1. The third-order valence-electron chi connectivity index (χ3n) is 4.52. The molecule has 0 spiro atoms. The Labute approximate surface area is 139 Å². The van der Waals surface area contributed by atoms with Crippen molar-refractivity contribution in [3.05, 3.63) is 53.5 Å². The molecule has 6 nitrogen and oxygen atoms in total. The number of carboxylic acid groups (broad SMARTS) is 1. The van der Waals surface area contributed by atoms with E-state index in [4.69, 9.17) is 5.11 Å². The van der Waals surface area contributed by atoms with E-state index in [2.05, 4.69) is 27.7 Å². The second-order valence-electron chi connectivity index (χ2n) is 6.29. The zero-order valence-corrected chi connectivity index (χ0v) is 13.4. The van der Waals surface area contributed by atoms with Crippen LogP contribution in [0, 0.1) is 6.92 Å². The number of fused-ring (bicyclic) bond motifs is 1. The summed E-state index contributed by atoms with van der Waals surface area (Å²) in [4.78, 5) is 15.1. The van der Waals surface area contributed by atoms with Crippen LogP contribution in [-0.4, -0.2) is 25.8 Å². The van der Waals surface area contributed by atoms with Gasteiger partial charge in [-0.25, -0.2) is 14.3 Å². The number of amides is 1. The predicted octanol–water partition coefficient (Wildman–Crippen LogP) is 3.35. The molecule has 0 radical (unpaired) electrons. The molecule has 4 rings (SSSR count). The van der Waals surface area contributed by atoms with Gasteiger partial charge in [-0.15, -0.1) is 0 Å². The second-order valence-corrected chi connectivity index (χ2v) is 6.29. The summed E-state index contributed by atoms with van der Waals surface area (Å²) in [5.74, 6) is 0.672. The van der Waals surface area contributed by atoms with Crippen molar-refractivity contribution in [2.24, 2.45) is 0 Å². The van der Waals surface area contributed by atoms with Crippen LogP contribution in [0.4, 0.5) is 4.79 Å². The van der Waals surface area contributed by atoms with Crippen LogP contribution < -0.4 is 5.32 Å². The molecule has 2 N–H and O–H groups in total. The Morgan fingerprint density at radius 1 is 1.38 bits per heavy atom. The average Bonchev–Trinajstić information content (AvgIpc) is 3.32.